The summed E-state index contributed by atoms with van der Waals surface area (Å²) in [4.78, 5) is 24.4. The SMILES string of the molecule is CCOC(=O)C1=C2CC(C)CN2C(c2nccs2)=N[C@H]1c1ccc(F)cc1Br. The van der Waals surface area contributed by atoms with Crippen molar-refractivity contribution in [1.82, 2.24) is 9.88 Å². The fourth-order valence-electron chi connectivity index (χ4n) is 3.70. The minimum atomic E-state index is -0.579. The van der Waals surface area contributed by atoms with E-state index in [4.69, 9.17) is 9.73 Å². The lowest BCUT2D eigenvalue weighted by Crippen LogP contribution is -2.35. The van der Waals surface area contributed by atoms with E-state index in [2.05, 4.69) is 32.7 Å². The van der Waals surface area contributed by atoms with Crippen LogP contribution in [-0.4, -0.2) is 34.8 Å². The van der Waals surface area contributed by atoms with E-state index < -0.39 is 6.04 Å². The molecule has 3 heterocycles. The average molecular weight is 464 g/mol. The minimum absolute atomic E-state index is 0.283. The van der Waals surface area contributed by atoms with Gasteiger partial charge in [0.25, 0.3) is 0 Å². The Morgan fingerprint density at radius 2 is 2.29 bits per heavy atom. The molecule has 2 aliphatic heterocycles. The van der Waals surface area contributed by atoms with Crippen LogP contribution in [0.25, 0.3) is 0 Å². The summed E-state index contributed by atoms with van der Waals surface area (Å²) in [6.45, 7) is 4.99. The van der Waals surface area contributed by atoms with Gasteiger partial charge in [0.2, 0.25) is 0 Å². The van der Waals surface area contributed by atoms with Crippen LogP contribution in [0.5, 0.6) is 0 Å². The number of nitrogens with zero attached hydrogens (tertiary/aromatic N) is 3. The molecule has 2 aliphatic rings. The average Bonchev–Trinajstić information content (AvgIpc) is 3.29. The second-order valence-electron chi connectivity index (χ2n) is 6.86. The van der Waals surface area contributed by atoms with E-state index in [-0.39, 0.29) is 18.4 Å². The normalized spacial score (nSPS) is 21.6. The van der Waals surface area contributed by atoms with Crippen LogP contribution in [0.1, 0.15) is 36.9 Å². The summed E-state index contributed by atoms with van der Waals surface area (Å²) in [6.07, 6.45) is 2.50. The summed E-state index contributed by atoms with van der Waals surface area (Å²) in [6, 6.07) is 3.87. The smallest absolute Gasteiger partial charge is 0.338 e. The number of halogens is 2. The maximum absolute atomic E-state index is 13.7. The zero-order valence-corrected chi connectivity index (χ0v) is 17.9. The van der Waals surface area contributed by atoms with Gasteiger partial charge >= 0.3 is 5.97 Å². The van der Waals surface area contributed by atoms with Crippen molar-refractivity contribution in [1.29, 1.82) is 0 Å². The van der Waals surface area contributed by atoms with Crippen LogP contribution in [0, 0.1) is 11.7 Å². The van der Waals surface area contributed by atoms with Crippen LogP contribution >= 0.6 is 27.3 Å². The van der Waals surface area contributed by atoms with Crippen LogP contribution < -0.4 is 0 Å². The van der Waals surface area contributed by atoms with Crippen molar-refractivity contribution in [3.8, 4) is 0 Å². The maximum atomic E-state index is 13.7. The molecule has 1 fully saturated rings. The summed E-state index contributed by atoms with van der Waals surface area (Å²) in [5, 5.41) is 2.71. The highest BCUT2D eigenvalue weighted by molar-refractivity contribution is 9.10. The number of thiazole rings is 1. The fraction of sp³-hybridized carbons (Fsp3) is 0.350. The molecule has 1 aromatic carbocycles. The number of hydrogen-bond donors (Lipinski definition) is 0. The first-order valence-corrected chi connectivity index (χ1v) is 10.8. The first-order valence-electron chi connectivity index (χ1n) is 9.09. The lowest BCUT2D eigenvalue weighted by molar-refractivity contribution is -0.139. The molecule has 5 nitrogen and oxygen atoms in total. The standard InChI is InChI=1S/C20H19BrFN3O2S/c1-3-27-20(26)16-15-8-11(2)10-25(15)18(19-23-6-7-28-19)24-17(16)13-5-4-12(22)9-14(13)21/h4-7,9,11,17H,3,8,10H2,1-2H3/t11?,17-/m0/s1. The summed E-state index contributed by atoms with van der Waals surface area (Å²) in [5.74, 6) is 0.403. The highest BCUT2D eigenvalue weighted by Gasteiger charge is 2.41. The third kappa shape index (κ3) is 3.39. The van der Waals surface area contributed by atoms with Gasteiger partial charge in [0.05, 0.1) is 12.2 Å². The number of carbonyl (C=O) groups excluding carboxylic acids is 1. The number of amidine groups is 1. The van der Waals surface area contributed by atoms with E-state index in [1.807, 2.05) is 5.38 Å². The Balaban J connectivity index is 1.91. The van der Waals surface area contributed by atoms with E-state index in [0.717, 1.165) is 35.1 Å². The second kappa shape index (κ2) is 7.75. The van der Waals surface area contributed by atoms with Crippen molar-refractivity contribution < 1.29 is 13.9 Å². The van der Waals surface area contributed by atoms with E-state index in [1.54, 1.807) is 19.2 Å². The zero-order valence-electron chi connectivity index (χ0n) is 15.5. The summed E-state index contributed by atoms with van der Waals surface area (Å²) in [7, 11) is 0. The Hall–Kier alpha value is -2.06. The number of hydrogen-bond acceptors (Lipinski definition) is 6. The molecule has 1 aromatic heterocycles. The number of fused-ring (bicyclic) bond motifs is 1. The topological polar surface area (TPSA) is 54.8 Å². The van der Waals surface area contributed by atoms with E-state index in [0.29, 0.717) is 16.0 Å². The third-order valence-corrected chi connectivity index (χ3v) is 6.29. The molecule has 0 bridgehead atoms. The largest absolute Gasteiger partial charge is 0.463 e. The number of benzene rings is 1. The highest BCUT2D eigenvalue weighted by atomic mass is 79.9. The van der Waals surface area contributed by atoms with Crippen LogP contribution in [0.4, 0.5) is 4.39 Å². The van der Waals surface area contributed by atoms with E-state index in [1.165, 1.54) is 23.5 Å². The van der Waals surface area contributed by atoms with Crippen molar-refractivity contribution in [3.05, 3.63) is 61.9 Å². The molecule has 0 amide bonds. The molecule has 2 aromatic rings. The molecule has 0 radical (unpaired) electrons. The summed E-state index contributed by atoms with van der Waals surface area (Å²) in [5.41, 5.74) is 2.18. The fourth-order valence-corrected chi connectivity index (χ4v) is 4.91. The first kappa shape index (κ1) is 19.3. The number of aromatic nitrogens is 1. The quantitative estimate of drug-likeness (QED) is 0.616. The van der Waals surface area contributed by atoms with E-state index in [9.17, 15) is 9.18 Å². The van der Waals surface area contributed by atoms with Crippen molar-refractivity contribution in [2.75, 3.05) is 13.2 Å². The molecule has 2 atom stereocenters. The van der Waals surface area contributed by atoms with Gasteiger partial charge in [-0.1, -0.05) is 28.9 Å². The Morgan fingerprint density at radius 3 is 2.96 bits per heavy atom. The Bertz CT molecular complexity index is 974. The zero-order chi connectivity index (χ0) is 19.8. The number of ether oxygens (including phenoxy) is 1. The van der Waals surface area contributed by atoms with Gasteiger partial charge < -0.3 is 9.64 Å². The van der Waals surface area contributed by atoms with Crippen LogP contribution in [0.3, 0.4) is 0 Å². The van der Waals surface area contributed by atoms with Crippen LogP contribution in [0.2, 0.25) is 0 Å². The molecule has 0 saturated carbocycles. The van der Waals surface area contributed by atoms with Gasteiger partial charge in [0.1, 0.15) is 11.9 Å². The Kier molecular flexibility index (Phi) is 5.33. The highest BCUT2D eigenvalue weighted by Crippen LogP contribution is 2.43. The van der Waals surface area contributed by atoms with Gasteiger partial charge in [0, 0.05) is 28.3 Å². The monoisotopic (exact) mass is 463 g/mol. The molecule has 146 valence electrons. The molecular formula is C20H19BrFN3O2S. The van der Waals surface area contributed by atoms with Gasteiger partial charge in [-0.25, -0.2) is 14.2 Å². The van der Waals surface area contributed by atoms with Crippen molar-refractivity contribution in [2.24, 2.45) is 10.9 Å². The molecule has 0 N–H and O–H groups in total. The van der Waals surface area contributed by atoms with Crippen molar-refractivity contribution in [2.45, 2.75) is 26.3 Å². The Labute approximate surface area is 175 Å². The van der Waals surface area contributed by atoms with Gasteiger partial charge in [-0.2, -0.15) is 0 Å². The minimum Gasteiger partial charge on any atom is -0.463 e. The van der Waals surface area contributed by atoms with Crippen LogP contribution in [0.15, 0.2) is 50.5 Å². The van der Waals surface area contributed by atoms with Gasteiger partial charge in [-0.05, 0) is 37.0 Å². The number of rotatable bonds is 4. The predicted molar refractivity (Wildman–Crippen MR) is 110 cm³/mol. The lowest BCUT2D eigenvalue weighted by atomic mass is 9.94. The molecule has 4 rings (SSSR count). The molecular weight excluding hydrogens is 445 g/mol. The molecule has 8 heteroatoms. The van der Waals surface area contributed by atoms with Gasteiger partial charge in [-0.15, -0.1) is 11.3 Å². The summed E-state index contributed by atoms with van der Waals surface area (Å²) < 4.78 is 19.6. The van der Waals surface area contributed by atoms with Crippen LogP contribution in [-0.2, 0) is 9.53 Å². The van der Waals surface area contributed by atoms with Gasteiger partial charge in [0.15, 0.2) is 10.8 Å². The van der Waals surface area contributed by atoms with Gasteiger partial charge in [-0.3, -0.25) is 4.99 Å². The lowest BCUT2D eigenvalue weighted by Gasteiger charge is -2.32. The third-order valence-electron chi connectivity index (χ3n) is 4.83. The first-order chi connectivity index (χ1) is 13.5. The number of allylic oxidation sites excluding steroid dienone is 1. The predicted octanol–water partition coefficient (Wildman–Crippen LogP) is 4.71. The van der Waals surface area contributed by atoms with Crippen molar-refractivity contribution in [3.63, 3.8) is 0 Å². The molecule has 28 heavy (non-hydrogen) atoms. The number of esters is 1. The molecule has 1 saturated heterocycles. The van der Waals surface area contributed by atoms with E-state index >= 15 is 0 Å². The molecule has 0 spiro atoms. The Morgan fingerprint density at radius 1 is 1.46 bits per heavy atom. The summed E-state index contributed by atoms with van der Waals surface area (Å²) >= 11 is 4.95. The maximum Gasteiger partial charge on any atom is 0.338 e. The molecule has 1 unspecified atom stereocenters. The number of aliphatic imine (C=N–C) groups is 1. The molecule has 0 aliphatic carbocycles. The second-order valence-corrected chi connectivity index (χ2v) is 8.61. The van der Waals surface area contributed by atoms with Crippen molar-refractivity contribution >= 4 is 39.1 Å². The number of carbonyl (C=O) groups is 1.